The molecule has 1 aliphatic heterocycles. The van der Waals surface area contributed by atoms with Crippen molar-refractivity contribution in [3.05, 3.63) is 64.8 Å². The first-order valence-corrected chi connectivity index (χ1v) is 8.04. The summed E-state index contributed by atoms with van der Waals surface area (Å²) in [7, 11) is 0. The van der Waals surface area contributed by atoms with E-state index in [0.29, 0.717) is 0 Å². The van der Waals surface area contributed by atoms with Gasteiger partial charge in [0.2, 0.25) is 0 Å². The van der Waals surface area contributed by atoms with E-state index in [0.717, 1.165) is 34.6 Å². The maximum Gasteiger partial charge on any atom is 0.194 e. The number of piperidine rings is 1. The molecule has 1 heterocycles. The highest BCUT2D eigenvalue weighted by molar-refractivity contribution is 6.01. The van der Waals surface area contributed by atoms with E-state index in [2.05, 4.69) is 17.0 Å². The molecule has 2 heteroatoms. The first-order chi connectivity index (χ1) is 10.8. The Morgan fingerprint density at radius 1 is 0.727 bits per heavy atom. The van der Waals surface area contributed by atoms with Crippen LogP contribution in [0.3, 0.4) is 0 Å². The largest absolute Gasteiger partial charge is 0.371 e. The SMILES string of the molecule is O=c1c2ccccc2cc(N2CCCCC2)c2ccccc12. The van der Waals surface area contributed by atoms with Crippen molar-refractivity contribution in [1.29, 1.82) is 0 Å². The van der Waals surface area contributed by atoms with Crippen molar-refractivity contribution in [2.24, 2.45) is 0 Å². The molecule has 0 amide bonds. The zero-order chi connectivity index (χ0) is 14.9. The standard InChI is InChI=1S/C20H19NO/c22-20-16-9-3-2-8-15(16)14-19(21-12-6-1-7-13-21)17-10-4-5-11-18(17)20/h2-5,8-11,14H,1,6-7,12-13H2. The van der Waals surface area contributed by atoms with E-state index >= 15 is 0 Å². The molecule has 0 saturated carbocycles. The molecule has 1 aliphatic rings. The van der Waals surface area contributed by atoms with Crippen molar-refractivity contribution < 1.29 is 0 Å². The van der Waals surface area contributed by atoms with Crippen LogP contribution in [0.15, 0.2) is 59.4 Å². The van der Waals surface area contributed by atoms with Crippen molar-refractivity contribution in [1.82, 2.24) is 0 Å². The van der Waals surface area contributed by atoms with Gasteiger partial charge >= 0.3 is 0 Å². The molecule has 0 spiro atoms. The molecule has 4 rings (SSSR count). The fraction of sp³-hybridized carbons (Fsp3) is 0.250. The molecular weight excluding hydrogens is 270 g/mol. The number of fused-ring (bicyclic) bond motifs is 2. The summed E-state index contributed by atoms with van der Waals surface area (Å²) in [5, 5.41) is 3.74. The topological polar surface area (TPSA) is 20.3 Å². The lowest BCUT2D eigenvalue weighted by molar-refractivity contribution is 0.579. The summed E-state index contributed by atoms with van der Waals surface area (Å²) < 4.78 is 0. The Labute approximate surface area is 130 Å². The lowest BCUT2D eigenvalue weighted by Gasteiger charge is -2.29. The fourth-order valence-electron chi connectivity index (χ4n) is 3.50. The summed E-state index contributed by atoms with van der Waals surface area (Å²) in [5.74, 6) is 0. The third-order valence-corrected chi connectivity index (χ3v) is 4.64. The molecule has 0 aliphatic carbocycles. The predicted molar refractivity (Wildman–Crippen MR) is 93.8 cm³/mol. The third-order valence-electron chi connectivity index (χ3n) is 4.64. The van der Waals surface area contributed by atoms with E-state index in [-0.39, 0.29) is 5.43 Å². The van der Waals surface area contributed by atoms with E-state index in [4.69, 9.17) is 0 Å². The van der Waals surface area contributed by atoms with Crippen LogP contribution >= 0.6 is 0 Å². The second-order valence-corrected chi connectivity index (χ2v) is 6.04. The molecule has 0 bridgehead atoms. The average molecular weight is 289 g/mol. The Bertz CT molecular complexity index is 894. The van der Waals surface area contributed by atoms with Gasteiger partial charge in [0.05, 0.1) is 0 Å². The lowest BCUT2D eigenvalue weighted by Crippen LogP contribution is -2.29. The van der Waals surface area contributed by atoms with Crippen LogP contribution in [0.2, 0.25) is 0 Å². The highest BCUT2D eigenvalue weighted by Crippen LogP contribution is 2.29. The first-order valence-electron chi connectivity index (χ1n) is 8.04. The number of rotatable bonds is 1. The van der Waals surface area contributed by atoms with E-state index < -0.39 is 0 Å². The summed E-state index contributed by atoms with van der Waals surface area (Å²) >= 11 is 0. The van der Waals surface area contributed by atoms with Crippen molar-refractivity contribution >= 4 is 27.2 Å². The van der Waals surface area contributed by atoms with E-state index in [9.17, 15) is 4.79 Å². The van der Waals surface area contributed by atoms with Crippen LogP contribution in [0, 0.1) is 0 Å². The molecule has 0 aromatic heterocycles. The number of hydrogen-bond acceptors (Lipinski definition) is 2. The molecule has 1 fully saturated rings. The Morgan fingerprint density at radius 2 is 1.36 bits per heavy atom. The van der Waals surface area contributed by atoms with Crippen LogP contribution in [0.4, 0.5) is 5.69 Å². The third kappa shape index (κ3) is 2.16. The van der Waals surface area contributed by atoms with Gasteiger partial charge in [-0.15, -0.1) is 0 Å². The summed E-state index contributed by atoms with van der Waals surface area (Å²) in [6, 6.07) is 18.2. The van der Waals surface area contributed by atoms with Crippen LogP contribution < -0.4 is 10.3 Å². The number of hydrogen-bond donors (Lipinski definition) is 0. The minimum Gasteiger partial charge on any atom is -0.371 e. The van der Waals surface area contributed by atoms with E-state index in [1.54, 1.807) is 0 Å². The second kappa shape index (κ2) is 5.45. The second-order valence-electron chi connectivity index (χ2n) is 6.04. The van der Waals surface area contributed by atoms with Crippen LogP contribution in [0.25, 0.3) is 21.5 Å². The predicted octanol–water partition coefficient (Wildman–Crippen LogP) is 4.34. The zero-order valence-electron chi connectivity index (χ0n) is 12.6. The average Bonchev–Trinajstić information content (AvgIpc) is 2.72. The Kier molecular flexibility index (Phi) is 3.30. The van der Waals surface area contributed by atoms with Crippen molar-refractivity contribution in [2.45, 2.75) is 19.3 Å². The molecule has 1 saturated heterocycles. The van der Waals surface area contributed by atoms with Gasteiger partial charge in [-0.1, -0.05) is 48.5 Å². The zero-order valence-corrected chi connectivity index (χ0v) is 12.6. The van der Waals surface area contributed by atoms with Crippen molar-refractivity contribution in [3.8, 4) is 0 Å². The minimum absolute atomic E-state index is 0.134. The van der Waals surface area contributed by atoms with Gasteiger partial charge in [0, 0.05) is 34.9 Å². The highest BCUT2D eigenvalue weighted by Gasteiger charge is 2.15. The smallest absolute Gasteiger partial charge is 0.194 e. The van der Waals surface area contributed by atoms with Gasteiger partial charge in [-0.2, -0.15) is 0 Å². The van der Waals surface area contributed by atoms with Crippen LogP contribution in [-0.4, -0.2) is 13.1 Å². The van der Waals surface area contributed by atoms with E-state index in [1.165, 1.54) is 24.9 Å². The normalized spacial score (nSPS) is 15.4. The van der Waals surface area contributed by atoms with Crippen LogP contribution in [0.1, 0.15) is 19.3 Å². The van der Waals surface area contributed by atoms with Crippen LogP contribution in [-0.2, 0) is 0 Å². The minimum atomic E-state index is 0.134. The van der Waals surface area contributed by atoms with Gasteiger partial charge in [0.25, 0.3) is 0 Å². The van der Waals surface area contributed by atoms with E-state index in [1.807, 2.05) is 42.5 Å². The van der Waals surface area contributed by atoms with Crippen molar-refractivity contribution in [2.75, 3.05) is 18.0 Å². The fourth-order valence-corrected chi connectivity index (χ4v) is 3.50. The summed E-state index contributed by atoms with van der Waals surface area (Å²) in [5.41, 5.74) is 1.34. The number of anilines is 1. The van der Waals surface area contributed by atoms with Crippen molar-refractivity contribution in [3.63, 3.8) is 0 Å². The molecule has 0 N–H and O–H groups in total. The Balaban J connectivity index is 2.13. The monoisotopic (exact) mass is 289 g/mol. The van der Waals surface area contributed by atoms with Gasteiger partial charge in [0.15, 0.2) is 5.43 Å². The molecule has 22 heavy (non-hydrogen) atoms. The Morgan fingerprint density at radius 3 is 2.14 bits per heavy atom. The first kappa shape index (κ1) is 13.3. The quantitative estimate of drug-likeness (QED) is 0.664. The molecule has 110 valence electrons. The number of benzene rings is 2. The molecule has 0 radical (unpaired) electrons. The lowest BCUT2D eigenvalue weighted by atomic mass is 10.1. The number of nitrogens with zero attached hydrogens (tertiary/aromatic N) is 1. The molecule has 3 aromatic rings. The molecule has 0 unspecified atom stereocenters. The van der Waals surface area contributed by atoms with Gasteiger partial charge < -0.3 is 4.90 Å². The Hall–Kier alpha value is -2.35. The molecule has 3 aromatic carbocycles. The molecule has 2 nitrogen and oxygen atoms in total. The van der Waals surface area contributed by atoms with Crippen LogP contribution in [0.5, 0.6) is 0 Å². The highest BCUT2D eigenvalue weighted by atomic mass is 16.1. The summed E-state index contributed by atoms with van der Waals surface area (Å²) in [6.45, 7) is 2.16. The molecule has 0 atom stereocenters. The summed E-state index contributed by atoms with van der Waals surface area (Å²) in [6.07, 6.45) is 3.77. The van der Waals surface area contributed by atoms with Gasteiger partial charge in [-0.3, -0.25) is 4.79 Å². The van der Waals surface area contributed by atoms with Gasteiger partial charge in [-0.05, 0) is 30.7 Å². The summed E-state index contributed by atoms with van der Waals surface area (Å²) in [4.78, 5) is 15.3. The van der Waals surface area contributed by atoms with Gasteiger partial charge in [0.1, 0.15) is 0 Å². The van der Waals surface area contributed by atoms with Gasteiger partial charge in [-0.25, -0.2) is 0 Å². The maximum atomic E-state index is 12.9. The maximum absolute atomic E-state index is 12.9. The molecular formula is C20H19NO.